The normalized spacial score (nSPS) is 18.2. The maximum Gasteiger partial charge on any atom is 0.226 e. The number of amides is 1. The maximum atomic E-state index is 12.3. The fraction of sp³-hybridized carbons (Fsp3) is 0.833. The van der Waals surface area contributed by atoms with Crippen LogP contribution >= 0.6 is 12.4 Å². The van der Waals surface area contributed by atoms with Crippen molar-refractivity contribution in [2.45, 2.75) is 70.8 Å². The van der Waals surface area contributed by atoms with Crippen LogP contribution in [-0.2, 0) is 17.6 Å². The fourth-order valence-electron chi connectivity index (χ4n) is 3.25. The smallest absolute Gasteiger partial charge is 0.226 e. The predicted molar refractivity (Wildman–Crippen MR) is 98.8 cm³/mol. The van der Waals surface area contributed by atoms with E-state index in [2.05, 4.69) is 22.4 Å². The number of rotatable bonds is 9. The molecule has 0 aromatic carbocycles. The molecule has 2 heterocycles. The van der Waals surface area contributed by atoms with E-state index in [9.17, 15) is 4.79 Å². The molecular formula is C18H31ClN4O2. The molecule has 142 valence electrons. The van der Waals surface area contributed by atoms with Gasteiger partial charge >= 0.3 is 0 Å². The minimum Gasteiger partial charge on any atom is -0.343 e. The van der Waals surface area contributed by atoms with Crippen molar-refractivity contribution in [3.05, 3.63) is 11.7 Å². The van der Waals surface area contributed by atoms with Gasteiger partial charge in [-0.3, -0.25) is 4.79 Å². The van der Waals surface area contributed by atoms with E-state index in [-0.39, 0.29) is 18.3 Å². The van der Waals surface area contributed by atoms with Crippen molar-refractivity contribution in [2.24, 2.45) is 5.92 Å². The average Bonchev–Trinajstić information content (AvgIpc) is 3.33. The maximum absolute atomic E-state index is 12.3. The zero-order chi connectivity index (χ0) is 16.8. The van der Waals surface area contributed by atoms with Crippen LogP contribution in [0.15, 0.2) is 4.52 Å². The molecule has 0 spiro atoms. The molecule has 2 aliphatic rings. The fourth-order valence-corrected chi connectivity index (χ4v) is 3.25. The average molecular weight is 371 g/mol. The van der Waals surface area contributed by atoms with Crippen LogP contribution in [0.4, 0.5) is 0 Å². The summed E-state index contributed by atoms with van der Waals surface area (Å²) in [5, 5.41) is 7.60. The van der Waals surface area contributed by atoms with Crippen molar-refractivity contribution in [2.75, 3.05) is 19.6 Å². The highest BCUT2D eigenvalue weighted by atomic mass is 35.5. The Kier molecular flexibility index (Phi) is 8.16. The molecule has 1 N–H and O–H groups in total. The lowest BCUT2D eigenvalue weighted by molar-refractivity contribution is -0.132. The van der Waals surface area contributed by atoms with Gasteiger partial charge in [-0.1, -0.05) is 12.1 Å². The van der Waals surface area contributed by atoms with Gasteiger partial charge in [-0.15, -0.1) is 12.4 Å². The van der Waals surface area contributed by atoms with Crippen molar-refractivity contribution in [3.63, 3.8) is 0 Å². The minimum absolute atomic E-state index is 0. The first-order chi connectivity index (χ1) is 11.7. The van der Waals surface area contributed by atoms with Crippen LogP contribution in [0, 0.1) is 5.92 Å². The van der Waals surface area contributed by atoms with E-state index in [0.29, 0.717) is 24.8 Å². The Morgan fingerprint density at radius 2 is 2.00 bits per heavy atom. The number of aromatic nitrogens is 2. The largest absolute Gasteiger partial charge is 0.343 e. The highest BCUT2D eigenvalue weighted by Gasteiger charge is 2.25. The monoisotopic (exact) mass is 370 g/mol. The Morgan fingerprint density at radius 3 is 2.68 bits per heavy atom. The van der Waals surface area contributed by atoms with E-state index in [1.807, 2.05) is 4.90 Å². The molecule has 1 aromatic heterocycles. The van der Waals surface area contributed by atoms with E-state index in [1.165, 1.54) is 19.4 Å². The summed E-state index contributed by atoms with van der Waals surface area (Å²) in [7, 11) is 0. The number of nitrogens with one attached hydrogen (secondary N) is 1. The molecule has 0 radical (unpaired) electrons. The van der Waals surface area contributed by atoms with E-state index in [0.717, 1.165) is 56.9 Å². The molecule has 1 saturated carbocycles. The Labute approximate surface area is 156 Å². The van der Waals surface area contributed by atoms with Crippen LogP contribution in [0.1, 0.15) is 63.6 Å². The molecule has 3 rings (SSSR count). The summed E-state index contributed by atoms with van der Waals surface area (Å²) < 4.78 is 5.22. The van der Waals surface area contributed by atoms with E-state index in [1.54, 1.807) is 0 Å². The minimum atomic E-state index is 0. The quantitative estimate of drug-likeness (QED) is 0.723. The number of carbonyl (C=O) groups excluding carboxylic acids is 1. The van der Waals surface area contributed by atoms with Crippen LogP contribution in [0.25, 0.3) is 0 Å². The zero-order valence-corrected chi connectivity index (χ0v) is 16.0. The molecule has 1 amide bonds. The number of piperidine rings is 1. The van der Waals surface area contributed by atoms with Gasteiger partial charge in [0.05, 0.1) is 0 Å². The molecule has 0 bridgehead atoms. The van der Waals surface area contributed by atoms with E-state index < -0.39 is 0 Å². The lowest BCUT2D eigenvalue weighted by Gasteiger charge is -2.32. The van der Waals surface area contributed by atoms with Crippen LogP contribution in [0.2, 0.25) is 0 Å². The zero-order valence-electron chi connectivity index (χ0n) is 15.2. The van der Waals surface area contributed by atoms with Crippen molar-refractivity contribution in [3.8, 4) is 0 Å². The molecule has 0 unspecified atom stereocenters. The highest BCUT2D eigenvalue weighted by molar-refractivity contribution is 5.85. The first kappa shape index (κ1) is 20.2. The lowest BCUT2D eigenvalue weighted by atomic mass is 10.0. The van der Waals surface area contributed by atoms with Crippen LogP contribution in [0.5, 0.6) is 0 Å². The van der Waals surface area contributed by atoms with Gasteiger partial charge < -0.3 is 14.7 Å². The van der Waals surface area contributed by atoms with E-state index in [4.69, 9.17) is 4.52 Å². The number of hydrogen-bond acceptors (Lipinski definition) is 5. The Balaban J connectivity index is 0.00000225. The topological polar surface area (TPSA) is 71.3 Å². The SMILES string of the molecule is CCCc1noc(CCCC(=O)N2CCC(NCC3CC3)CC2)n1.Cl. The van der Waals surface area contributed by atoms with Crippen molar-refractivity contribution in [1.82, 2.24) is 20.4 Å². The Bertz CT molecular complexity index is 525. The number of hydrogen-bond donors (Lipinski definition) is 1. The third-order valence-corrected chi connectivity index (χ3v) is 5.00. The molecule has 1 aliphatic heterocycles. The van der Waals surface area contributed by atoms with Crippen LogP contribution in [0.3, 0.4) is 0 Å². The first-order valence-corrected chi connectivity index (χ1v) is 9.57. The summed E-state index contributed by atoms with van der Waals surface area (Å²) in [5.41, 5.74) is 0. The third-order valence-electron chi connectivity index (χ3n) is 5.00. The highest BCUT2D eigenvalue weighted by Crippen LogP contribution is 2.28. The van der Waals surface area contributed by atoms with Crippen molar-refractivity contribution >= 4 is 18.3 Å². The Morgan fingerprint density at radius 1 is 1.24 bits per heavy atom. The van der Waals surface area contributed by atoms with Gasteiger partial charge in [0, 0.05) is 38.4 Å². The molecule has 1 aromatic rings. The molecule has 6 nitrogen and oxygen atoms in total. The summed E-state index contributed by atoms with van der Waals surface area (Å²) in [5.74, 6) is 2.63. The van der Waals surface area contributed by atoms with Gasteiger partial charge in [0.15, 0.2) is 5.82 Å². The first-order valence-electron chi connectivity index (χ1n) is 9.57. The standard InChI is InChI=1S/C18H30N4O2.ClH/c1-2-4-16-20-17(24-21-16)5-3-6-18(23)22-11-9-15(10-12-22)19-13-14-7-8-14;/h14-15,19H,2-13H2,1H3;1H. The molecule has 7 heteroatoms. The van der Waals surface area contributed by atoms with Crippen molar-refractivity contribution < 1.29 is 9.32 Å². The Hall–Kier alpha value is -1.14. The van der Waals surface area contributed by atoms with Gasteiger partial charge in [0.25, 0.3) is 0 Å². The second-order valence-corrected chi connectivity index (χ2v) is 7.21. The number of halogens is 1. The van der Waals surface area contributed by atoms with E-state index >= 15 is 0 Å². The van der Waals surface area contributed by atoms with Crippen molar-refractivity contribution in [1.29, 1.82) is 0 Å². The van der Waals surface area contributed by atoms with Gasteiger partial charge in [0.1, 0.15) is 0 Å². The summed E-state index contributed by atoms with van der Waals surface area (Å²) in [6, 6.07) is 0.602. The molecule has 2 fully saturated rings. The summed E-state index contributed by atoms with van der Waals surface area (Å²) >= 11 is 0. The van der Waals surface area contributed by atoms with Gasteiger partial charge in [0.2, 0.25) is 11.8 Å². The second-order valence-electron chi connectivity index (χ2n) is 7.21. The van der Waals surface area contributed by atoms with Gasteiger partial charge in [-0.2, -0.15) is 4.98 Å². The number of likely N-dealkylation sites (tertiary alicyclic amines) is 1. The summed E-state index contributed by atoms with van der Waals surface area (Å²) in [6.07, 6.45) is 8.88. The molecule has 1 saturated heterocycles. The number of carbonyl (C=O) groups is 1. The molecule has 25 heavy (non-hydrogen) atoms. The van der Waals surface area contributed by atoms with Crippen LogP contribution < -0.4 is 5.32 Å². The third kappa shape index (κ3) is 6.59. The number of aryl methyl sites for hydroxylation is 2. The summed E-state index contributed by atoms with van der Waals surface area (Å²) in [4.78, 5) is 18.7. The van der Waals surface area contributed by atoms with Gasteiger partial charge in [-0.05, 0) is 51.0 Å². The lowest BCUT2D eigenvalue weighted by Crippen LogP contribution is -2.45. The predicted octanol–water partition coefficient (Wildman–Crippen LogP) is 2.76. The van der Waals surface area contributed by atoms with Gasteiger partial charge in [-0.25, -0.2) is 0 Å². The van der Waals surface area contributed by atoms with Crippen LogP contribution in [-0.4, -0.2) is 46.6 Å². The molecule has 1 aliphatic carbocycles. The second kappa shape index (κ2) is 10.1. The molecule has 0 atom stereocenters. The number of nitrogens with zero attached hydrogens (tertiary/aromatic N) is 3. The summed E-state index contributed by atoms with van der Waals surface area (Å²) in [6.45, 7) is 5.05. The molecular weight excluding hydrogens is 340 g/mol.